The van der Waals surface area contributed by atoms with Crippen LogP contribution < -0.4 is 0 Å². The lowest BCUT2D eigenvalue weighted by Crippen LogP contribution is -2.07. The van der Waals surface area contributed by atoms with E-state index in [0.29, 0.717) is 22.6 Å². The number of hydrogen-bond acceptors (Lipinski definition) is 1. The summed E-state index contributed by atoms with van der Waals surface area (Å²) in [7, 11) is 0. The Hall–Kier alpha value is -1.02. The summed E-state index contributed by atoms with van der Waals surface area (Å²) in [5.74, 6) is 2.14. The standard InChI is InChI=1S/C16H21ClN2/c1-15(2)13(16(15,3)4)10-19-12-8-6-5-7-11(12)18-14(19)9-17/h5-8,13H,9-10H2,1-4H3. The van der Waals surface area contributed by atoms with E-state index in [4.69, 9.17) is 11.6 Å². The fourth-order valence-electron chi connectivity index (χ4n) is 3.40. The third kappa shape index (κ3) is 1.73. The smallest absolute Gasteiger partial charge is 0.124 e. The quantitative estimate of drug-likeness (QED) is 0.757. The lowest BCUT2D eigenvalue weighted by molar-refractivity contribution is 0.457. The van der Waals surface area contributed by atoms with Gasteiger partial charge in [0.2, 0.25) is 0 Å². The van der Waals surface area contributed by atoms with Gasteiger partial charge >= 0.3 is 0 Å². The molecule has 0 saturated heterocycles. The second-order valence-corrected chi connectivity index (χ2v) is 7.02. The molecule has 3 rings (SSSR count). The molecule has 2 aromatic rings. The number of halogens is 1. The van der Waals surface area contributed by atoms with Crippen molar-refractivity contribution in [2.24, 2.45) is 16.7 Å². The Bertz CT molecular complexity index is 611. The Kier molecular flexibility index (Phi) is 2.72. The highest BCUT2D eigenvalue weighted by molar-refractivity contribution is 6.16. The zero-order valence-corrected chi connectivity index (χ0v) is 12.8. The molecule has 3 heteroatoms. The number of fused-ring (bicyclic) bond motifs is 1. The van der Waals surface area contributed by atoms with E-state index in [1.807, 2.05) is 6.07 Å². The van der Waals surface area contributed by atoms with Crippen LogP contribution in [0.4, 0.5) is 0 Å². The van der Waals surface area contributed by atoms with Crippen molar-refractivity contribution in [2.75, 3.05) is 0 Å². The summed E-state index contributed by atoms with van der Waals surface area (Å²) < 4.78 is 2.31. The number of aromatic nitrogens is 2. The zero-order chi connectivity index (χ0) is 13.8. The minimum Gasteiger partial charge on any atom is -0.327 e. The Morgan fingerprint density at radius 2 is 1.79 bits per heavy atom. The van der Waals surface area contributed by atoms with Gasteiger partial charge in [0.15, 0.2) is 0 Å². The maximum absolute atomic E-state index is 6.07. The van der Waals surface area contributed by atoms with Crippen molar-refractivity contribution in [3.63, 3.8) is 0 Å². The van der Waals surface area contributed by atoms with Crippen LogP contribution in [0, 0.1) is 16.7 Å². The first-order valence-corrected chi connectivity index (χ1v) is 7.43. The van der Waals surface area contributed by atoms with Crippen LogP contribution in [0.3, 0.4) is 0 Å². The highest BCUT2D eigenvalue weighted by Crippen LogP contribution is 2.69. The van der Waals surface area contributed by atoms with E-state index in [0.717, 1.165) is 17.9 Å². The molecule has 0 amide bonds. The van der Waals surface area contributed by atoms with Gasteiger partial charge in [-0.15, -0.1) is 11.6 Å². The van der Waals surface area contributed by atoms with Crippen LogP contribution in [0.5, 0.6) is 0 Å². The fraction of sp³-hybridized carbons (Fsp3) is 0.562. The van der Waals surface area contributed by atoms with Gasteiger partial charge in [-0.25, -0.2) is 4.98 Å². The maximum Gasteiger partial charge on any atom is 0.124 e. The number of rotatable bonds is 3. The van der Waals surface area contributed by atoms with Crippen LogP contribution in [0.2, 0.25) is 0 Å². The molecule has 0 spiro atoms. The minimum absolute atomic E-state index is 0.391. The fourth-order valence-corrected chi connectivity index (χ4v) is 3.61. The van der Waals surface area contributed by atoms with Gasteiger partial charge in [0.05, 0.1) is 16.9 Å². The summed E-state index contributed by atoms with van der Waals surface area (Å²) in [4.78, 5) is 4.64. The maximum atomic E-state index is 6.07. The van der Waals surface area contributed by atoms with Gasteiger partial charge in [0, 0.05) is 6.54 Å². The SMILES string of the molecule is CC1(C)C(Cn2c(CCl)nc3ccccc32)C1(C)C. The molecule has 0 unspecified atom stereocenters. The molecule has 102 valence electrons. The van der Waals surface area contributed by atoms with Crippen LogP contribution in [-0.4, -0.2) is 9.55 Å². The molecule has 1 aliphatic carbocycles. The van der Waals surface area contributed by atoms with Gasteiger partial charge in [-0.2, -0.15) is 0 Å². The first-order chi connectivity index (χ1) is 8.89. The molecular weight excluding hydrogens is 256 g/mol. The molecule has 0 N–H and O–H groups in total. The Morgan fingerprint density at radius 3 is 2.37 bits per heavy atom. The Labute approximate surface area is 119 Å². The number of hydrogen-bond donors (Lipinski definition) is 0. The van der Waals surface area contributed by atoms with Gasteiger partial charge in [-0.3, -0.25) is 0 Å². The van der Waals surface area contributed by atoms with Crippen molar-refractivity contribution in [1.29, 1.82) is 0 Å². The van der Waals surface area contributed by atoms with Crippen molar-refractivity contribution >= 4 is 22.6 Å². The molecule has 1 saturated carbocycles. The summed E-state index contributed by atoms with van der Waals surface area (Å²) in [6, 6.07) is 8.30. The molecule has 1 aromatic heterocycles. The average molecular weight is 277 g/mol. The molecule has 0 radical (unpaired) electrons. The number of benzene rings is 1. The van der Waals surface area contributed by atoms with Gasteiger partial charge < -0.3 is 4.57 Å². The third-order valence-corrected chi connectivity index (χ3v) is 5.78. The number of nitrogens with zero attached hydrogens (tertiary/aromatic N) is 2. The molecule has 1 aromatic carbocycles. The monoisotopic (exact) mass is 276 g/mol. The first-order valence-electron chi connectivity index (χ1n) is 6.89. The second-order valence-electron chi connectivity index (χ2n) is 6.76. The summed E-state index contributed by atoms with van der Waals surface area (Å²) >= 11 is 6.07. The molecule has 0 atom stereocenters. The molecule has 0 bridgehead atoms. The predicted octanol–water partition coefficient (Wildman–Crippen LogP) is 4.46. The van der Waals surface area contributed by atoms with Crippen LogP contribution in [0.15, 0.2) is 24.3 Å². The first kappa shape index (κ1) is 13.0. The van der Waals surface area contributed by atoms with Crippen molar-refractivity contribution in [3.05, 3.63) is 30.1 Å². The minimum atomic E-state index is 0.391. The molecular formula is C16H21ClN2. The lowest BCUT2D eigenvalue weighted by atomic mass is 10.0. The van der Waals surface area contributed by atoms with E-state index in [-0.39, 0.29) is 0 Å². The summed E-state index contributed by atoms with van der Waals surface area (Å²) in [6.07, 6.45) is 0. The van der Waals surface area contributed by atoms with Crippen molar-refractivity contribution in [2.45, 2.75) is 40.1 Å². The predicted molar refractivity (Wildman–Crippen MR) is 80.3 cm³/mol. The van der Waals surface area contributed by atoms with Crippen LogP contribution in [0.25, 0.3) is 11.0 Å². The number of imidazole rings is 1. The molecule has 1 heterocycles. The molecule has 1 fully saturated rings. The Balaban J connectivity index is 2.02. The van der Waals surface area contributed by atoms with E-state index in [1.54, 1.807) is 0 Å². The highest BCUT2D eigenvalue weighted by atomic mass is 35.5. The third-order valence-electron chi connectivity index (χ3n) is 5.54. The van der Waals surface area contributed by atoms with Gasteiger partial charge in [0.1, 0.15) is 5.82 Å². The van der Waals surface area contributed by atoms with E-state index in [2.05, 4.69) is 55.4 Å². The number of para-hydroxylation sites is 2. The summed E-state index contributed by atoms with van der Waals surface area (Å²) in [5.41, 5.74) is 3.04. The van der Waals surface area contributed by atoms with Gasteiger partial charge in [0.25, 0.3) is 0 Å². The summed E-state index contributed by atoms with van der Waals surface area (Å²) in [5, 5.41) is 0. The normalized spacial score (nSPS) is 20.9. The van der Waals surface area contributed by atoms with Crippen molar-refractivity contribution < 1.29 is 0 Å². The van der Waals surface area contributed by atoms with Crippen LogP contribution in [-0.2, 0) is 12.4 Å². The second kappa shape index (κ2) is 3.99. The zero-order valence-electron chi connectivity index (χ0n) is 12.1. The molecule has 0 aliphatic heterocycles. The lowest BCUT2D eigenvalue weighted by Gasteiger charge is -2.09. The summed E-state index contributed by atoms with van der Waals surface area (Å²) in [6.45, 7) is 10.4. The van der Waals surface area contributed by atoms with E-state index < -0.39 is 0 Å². The average Bonchev–Trinajstić information content (AvgIpc) is 2.69. The van der Waals surface area contributed by atoms with Gasteiger partial charge in [-0.1, -0.05) is 39.8 Å². The van der Waals surface area contributed by atoms with E-state index in [9.17, 15) is 0 Å². The topological polar surface area (TPSA) is 17.8 Å². The highest BCUT2D eigenvalue weighted by Gasteiger charge is 2.64. The molecule has 19 heavy (non-hydrogen) atoms. The van der Waals surface area contributed by atoms with Crippen molar-refractivity contribution in [1.82, 2.24) is 9.55 Å². The van der Waals surface area contributed by atoms with Crippen LogP contribution in [0.1, 0.15) is 33.5 Å². The van der Waals surface area contributed by atoms with Crippen LogP contribution >= 0.6 is 11.6 Å². The molecule has 1 aliphatic rings. The molecule has 2 nitrogen and oxygen atoms in total. The van der Waals surface area contributed by atoms with E-state index >= 15 is 0 Å². The Morgan fingerprint density at radius 1 is 1.16 bits per heavy atom. The van der Waals surface area contributed by atoms with E-state index in [1.165, 1.54) is 5.52 Å². The largest absolute Gasteiger partial charge is 0.327 e. The number of alkyl halides is 1. The van der Waals surface area contributed by atoms with Gasteiger partial charge in [-0.05, 0) is 28.9 Å². The van der Waals surface area contributed by atoms with Crippen molar-refractivity contribution in [3.8, 4) is 0 Å².